The Morgan fingerprint density at radius 2 is 0.771 bits per heavy atom. The summed E-state index contributed by atoms with van der Waals surface area (Å²) in [5.41, 5.74) is 9.69. The third-order valence-electron chi connectivity index (χ3n) is 20.4. The number of fused-ring (bicyclic) bond motifs is 2. The van der Waals surface area contributed by atoms with Crippen molar-refractivity contribution in [3.8, 4) is 50.3 Å². The van der Waals surface area contributed by atoms with Gasteiger partial charge in [-0.05, 0) is 231 Å². The molecule has 23 nitrogen and oxygen atoms in total. The summed E-state index contributed by atoms with van der Waals surface area (Å²) in [5, 5.41) is 28.7. The van der Waals surface area contributed by atoms with Crippen molar-refractivity contribution in [1.82, 2.24) is 4.90 Å². The van der Waals surface area contributed by atoms with Gasteiger partial charge in [-0.1, -0.05) is 170 Å². The average molecular weight is 1670 g/mol. The quantitative estimate of drug-likeness (QED) is 0.0329. The Labute approximate surface area is 686 Å². The van der Waals surface area contributed by atoms with Crippen LogP contribution >= 0.6 is 0 Å². The van der Waals surface area contributed by atoms with Gasteiger partial charge in [0.25, 0.3) is 46.0 Å². The summed E-state index contributed by atoms with van der Waals surface area (Å²) in [6, 6.07) is 72.4. The smallest absolute Gasteiger partial charge is 0.337 e. The van der Waals surface area contributed by atoms with Gasteiger partial charge in [0.05, 0.1) is 66.3 Å². The topological polar surface area (TPSA) is 346 Å². The number of ether oxygens (including phenoxy) is 1. The lowest BCUT2D eigenvalue weighted by atomic mass is 10.0. The van der Waals surface area contributed by atoms with E-state index in [0.717, 1.165) is 127 Å². The van der Waals surface area contributed by atoms with E-state index < -0.39 is 58.0 Å². The van der Waals surface area contributed by atoms with E-state index in [4.69, 9.17) is 4.74 Å². The number of anilines is 5. The van der Waals surface area contributed by atoms with Crippen molar-refractivity contribution in [1.29, 1.82) is 0 Å². The normalized spacial score (nSPS) is 13.9. The second kappa shape index (κ2) is 37.9. The van der Waals surface area contributed by atoms with E-state index in [2.05, 4.69) is 18.9 Å². The second-order valence-corrected chi connectivity index (χ2v) is 35.3. The number of aryl methyl sites for hydroxylation is 2. The zero-order chi connectivity index (χ0) is 83.7. The SMILES string of the molecule is CC(=O)c1ccc(-c2ccccc2)cc1NS(=O)(=O)C1=CCCCC1.CN1CCCc2ccc(S(=O)(=O)Nc3cc(-c4ccccc4)ccc3C(=O)O)cc21.O=C(O)c1ccc(-c2ccccc2)cc1NS(=O)(=O)c1ccc2c(c1)CCCCO2.O=C(O)c1ccc(-c2ccccc2)cc1NS(=O)(=O)c1ccccc1C(=O)N1CCCCC1. The van der Waals surface area contributed by atoms with Crippen molar-refractivity contribution in [2.75, 3.05) is 57.1 Å². The average Bonchev–Trinajstić information content (AvgIpc) is 0.857. The molecule has 1 aliphatic carbocycles. The lowest BCUT2D eigenvalue weighted by Gasteiger charge is -2.28. The number of amides is 1. The number of sulfonamides is 4. The van der Waals surface area contributed by atoms with Crippen LogP contribution in [0.15, 0.2) is 280 Å². The summed E-state index contributed by atoms with van der Waals surface area (Å²) < 4.78 is 120. The number of rotatable bonds is 21. The molecule has 3 heterocycles. The molecule has 608 valence electrons. The molecule has 118 heavy (non-hydrogen) atoms. The minimum atomic E-state index is -4.24. The largest absolute Gasteiger partial charge is 0.493 e. The third kappa shape index (κ3) is 21.1. The summed E-state index contributed by atoms with van der Waals surface area (Å²) in [4.78, 5) is 64.3. The van der Waals surface area contributed by atoms with E-state index in [1.165, 1.54) is 49.4 Å². The highest BCUT2D eigenvalue weighted by molar-refractivity contribution is 7.96. The Hall–Kier alpha value is -12.7. The molecule has 15 rings (SSSR count). The van der Waals surface area contributed by atoms with Gasteiger partial charge < -0.3 is 29.9 Å². The van der Waals surface area contributed by atoms with E-state index in [1.54, 1.807) is 89.8 Å². The first-order valence-electron chi connectivity index (χ1n) is 38.4. The van der Waals surface area contributed by atoms with E-state index in [9.17, 15) is 73.0 Å². The number of benzene rings is 11. The maximum atomic E-state index is 13.4. The summed E-state index contributed by atoms with van der Waals surface area (Å²) in [5.74, 6) is -3.48. The molecular weight excluding hydrogens is 1580 g/mol. The highest BCUT2D eigenvalue weighted by Crippen LogP contribution is 2.37. The molecule has 0 atom stereocenters. The van der Waals surface area contributed by atoms with Crippen molar-refractivity contribution < 1.29 is 77.7 Å². The number of aromatic carboxylic acids is 3. The minimum absolute atomic E-state index is 0.0232. The van der Waals surface area contributed by atoms with Gasteiger partial charge in [0.15, 0.2) is 5.78 Å². The number of allylic oxidation sites excluding steroid dienone is 2. The Morgan fingerprint density at radius 1 is 0.356 bits per heavy atom. The van der Waals surface area contributed by atoms with Crippen LogP contribution in [0.2, 0.25) is 0 Å². The molecule has 1 saturated heterocycles. The van der Waals surface area contributed by atoms with Gasteiger partial charge in [0.1, 0.15) is 10.6 Å². The first-order chi connectivity index (χ1) is 56.6. The number of piperidine rings is 1. The molecule has 0 bridgehead atoms. The van der Waals surface area contributed by atoms with Crippen LogP contribution in [0, 0.1) is 0 Å². The van der Waals surface area contributed by atoms with Gasteiger partial charge in [-0.15, -0.1) is 0 Å². The summed E-state index contributed by atoms with van der Waals surface area (Å²) in [6.07, 6.45) is 12.3. The Balaban J connectivity index is 0.000000145. The molecule has 11 aromatic carbocycles. The van der Waals surface area contributed by atoms with Gasteiger partial charge in [-0.2, -0.15) is 0 Å². The molecule has 0 saturated carbocycles. The molecule has 1 amide bonds. The Morgan fingerprint density at radius 3 is 1.24 bits per heavy atom. The van der Waals surface area contributed by atoms with Crippen LogP contribution in [0.4, 0.5) is 28.4 Å². The summed E-state index contributed by atoms with van der Waals surface area (Å²) in [7, 11) is -13.9. The Kier molecular flexibility index (Phi) is 27.2. The van der Waals surface area contributed by atoms with E-state index in [1.807, 2.05) is 145 Å². The number of nitrogens with one attached hydrogen (secondary N) is 4. The number of ketones is 1. The standard InChI is InChI=1S/C25H24N2O5S.C23H22N2O4S.C23H21NO5S.C20H21NO3S/c28-24(27-15-7-2-8-16-27)21-11-5-6-12-23(21)33(31,32)26-22-17-19(13-14-20(22)25(29)30)18-9-3-1-4-10-18;1-25-13-5-8-17-9-11-19(15-22(17)25)30(28,29)24-21-14-18(10-12-20(21)23(26)27)16-6-3-2-4-7-16;25-23(26)20-11-9-17(16-6-2-1-3-7-16)15-21(20)24-30(27,28)19-10-12-22-18(14-19)8-4-5-13-29-22;1-15(22)19-13-12-17(16-8-4-2-5-9-16)14-20(19)21-25(23,24)18-10-6-3-7-11-18/h1,3-6,9-14,17,26H,2,7-8,15-16H2,(H,29,30);2-4,6-7,9-12,14-15,24H,5,8,13H2,1H3,(H,26,27);1-3,6-7,9-12,14-15,24H,4-5,8,13H2,(H,25,26);2,4-5,8-10,12-14,21H,3,6-7,11H2,1H3. The number of carbonyl (C=O) groups is 5. The highest BCUT2D eigenvalue weighted by Gasteiger charge is 2.30. The number of carboxylic acids is 3. The molecule has 0 aromatic heterocycles. The molecular formula is C91H88N6O17S4. The number of carboxylic acid groups (broad SMARTS) is 3. The predicted octanol–water partition coefficient (Wildman–Crippen LogP) is 18.0. The molecule has 4 aliphatic rings. The van der Waals surface area contributed by atoms with Crippen LogP contribution < -0.4 is 28.5 Å². The number of hydrogen-bond donors (Lipinski definition) is 7. The van der Waals surface area contributed by atoms with Crippen LogP contribution in [-0.4, -0.2) is 117 Å². The van der Waals surface area contributed by atoms with E-state index >= 15 is 0 Å². The molecule has 0 unspecified atom stereocenters. The first kappa shape index (κ1) is 84.7. The van der Waals surface area contributed by atoms with Crippen LogP contribution in [-0.2, 0) is 52.9 Å². The maximum Gasteiger partial charge on any atom is 0.337 e. The highest BCUT2D eigenvalue weighted by atomic mass is 32.2. The van der Waals surface area contributed by atoms with Gasteiger partial charge in [0.2, 0.25) is 0 Å². The zero-order valence-electron chi connectivity index (χ0n) is 64.7. The van der Waals surface area contributed by atoms with E-state index in [-0.39, 0.29) is 65.7 Å². The summed E-state index contributed by atoms with van der Waals surface area (Å²) >= 11 is 0. The molecule has 3 aliphatic heterocycles. The van der Waals surface area contributed by atoms with Crippen LogP contribution in [0.5, 0.6) is 5.75 Å². The van der Waals surface area contributed by atoms with Crippen molar-refractivity contribution >= 4 is 98.1 Å². The van der Waals surface area contributed by atoms with Crippen LogP contribution in [0.1, 0.15) is 134 Å². The number of hydrogen-bond acceptors (Lipinski definition) is 15. The van der Waals surface area contributed by atoms with Crippen LogP contribution in [0.25, 0.3) is 44.5 Å². The van der Waals surface area contributed by atoms with Crippen molar-refractivity contribution in [2.24, 2.45) is 0 Å². The lowest BCUT2D eigenvalue weighted by Crippen LogP contribution is -2.36. The Bertz CT molecular complexity index is 6070. The summed E-state index contributed by atoms with van der Waals surface area (Å²) in [6.45, 7) is 4.10. The molecule has 27 heteroatoms. The monoisotopic (exact) mass is 1660 g/mol. The molecule has 7 N–H and O–H groups in total. The second-order valence-electron chi connectivity index (χ2n) is 28.6. The molecule has 11 aromatic rings. The van der Waals surface area contributed by atoms with E-state index in [0.29, 0.717) is 59.1 Å². The lowest BCUT2D eigenvalue weighted by molar-refractivity contribution is 0.0687. The number of nitrogens with zero attached hydrogens (tertiary/aromatic N) is 2. The zero-order valence-corrected chi connectivity index (χ0v) is 68.0. The number of Topliss-reactive ketones (excluding diaryl/α,β-unsaturated/α-hetero) is 1. The molecule has 0 spiro atoms. The third-order valence-corrected chi connectivity index (χ3v) is 26.1. The fourth-order valence-electron chi connectivity index (χ4n) is 14.2. The van der Waals surface area contributed by atoms with Crippen molar-refractivity contribution in [3.63, 3.8) is 0 Å². The predicted molar refractivity (Wildman–Crippen MR) is 459 cm³/mol. The molecule has 1 fully saturated rings. The van der Waals surface area contributed by atoms with Gasteiger partial charge in [0, 0.05) is 37.9 Å². The van der Waals surface area contributed by atoms with Crippen molar-refractivity contribution in [2.45, 2.75) is 98.7 Å². The van der Waals surface area contributed by atoms with Crippen molar-refractivity contribution in [3.05, 3.63) is 305 Å². The maximum absolute atomic E-state index is 13.4. The van der Waals surface area contributed by atoms with Crippen LogP contribution in [0.3, 0.4) is 0 Å². The fraction of sp³-hybridized carbons (Fsp3) is 0.198. The first-order valence-corrected chi connectivity index (χ1v) is 44.3. The number of carbonyl (C=O) groups excluding carboxylic acids is 2. The molecule has 0 radical (unpaired) electrons. The fourth-order valence-corrected chi connectivity index (χ4v) is 19.0. The minimum Gasteiger partial charge on any atom is -0.493 e. The van der Waals surface area contributed by atoms with Gasteiger partial charge >= 0.3 is 17.9 Å². The van der Waals surface area contributed by atoms with Gasteiger partial charge in [-0.3, -0.25) is 28.5 Å². The van der Waals surface area contributed by atoms with Gasteiger partial charge in [-0.25, -0.2) is 48.1 Å². The number of likely N-dealkylation sites (tertiary alicyclic amines) is 1.